The molecule has 7 nitrogen and oxygen atoms in total. The van der Waals surface area contributed by atoms with E-state index in [4.69, 9.17) is 10.5 Å². The van der Waals surface area contributed by atoms with E-state index in [-0.39, 0.29) is 22.6 Å². The number of carbonyl (C=O) groups excluding carboxylic acids is 3. The zero-order valence-electron chi connectivity index (χ0n) is 15.4. The number of fused-ring (bicyclic) bond motifs is 1. The lowest BCUT2D eigenvalue weighted by Crippen LogP contribution is -2.47. The summed E-state index contributed by atoms with van der Waals surface area (Å²) < 4.78 is 56.9. The van der Waals surface area contributed by atoms with Crippen molar-refractivity contribution in [2.24, 2.45) is 0 Å². The molecule has 0 spiro atoms. The fraction of sp³-hybridized carbons (Fsp3) is 0.211. The molecule has 0 saturated carbocycles. The Balaban J connectivity index is 1.83. The number of hydrogen-bond acceptors (Lipinski definition) is 5. The predicted octanol–water partition coefficient (Wildman–Crippen LogP) is 2.96. The fourth-order valence-electron chi connectivity index (χ4n) is 2.88. The highest BCUT2D eigenvalue weighted by Crippen LogP contribution is 2.37. The highest BCUT2D eigenvalue weighted by atomic mass is 19.4. The van der Waals surface area contributed by atoms with Crippen LogP contribution in [0.2, 0.25) is 0 Å². The highest BCUT2D eigenvalue weighted by Gasteiger charge is 2.35. The van der Waals surface area contributed by atoms with E-state index in [0.29, 0.717) is 6.07 Å². The highest BCUT2D eigenvalue weighted by molar-refractivity contribution is 6.11. The van der Waals surface area contributed by atoms with Crippen LogP contribution in [-0.2, 0) is 20.5 Å². The smallest absolute Gasteiger partial charge is 0.416 e. The first-order valence-corrected chi connectivity index (χ1v) is 8.56. The van der Waals surface area contributed by atoms with Crippen LogP contribution in [0.1, 0.15) is 22.8 Å². The molecule has 1 aliphatic rings. The molecule has 0 aromatic heterocycles. The molecule has 0 aliphatic carbocycles. The molecule has 2 amide bonds. The number of anilines is 3. The molecule has 30 heavy (non-hydrogen) atoms. The van der Waals surface area contributed by atoms with Crippen molar-refractivity contribution < 1.29 is 36.7 Å². The maximum atomic E-state index is 13.1. The zero-order valence-corrected chi connectivity index (χ0v) is 15.4. The number of rotatable bonds is 3. The zero-order chi connectivity index (χ0) is 22.2. The first kappa shape index (κ1) is 21.1. The van der Waals surface area contributed by atoms with E-state index in [1.54, 1.807) is 0 Å². The van der Waals surface area contributed by atoms with Gasteiger partial charge in [-0.05, 0) is 43.3 Å². The SMILES string of the molecule is C[C@@H](OC(=O)c1ccc(F)cc1N)C(=O)N1CC(=O)Nc2cc(C(F)(F)F)ccc21. The third-order valence-electron chi connectivity index (χ3n) is 4.32. The molecule has 1 atom stereocenters. The van der Waals surface area contributed by atoms with Crippen LogP contribution in [0.15, 0.2) is 36.4 Å². The second-order valence-corrected chi connectivity index (χ2v) is 6.48. The van der Waals surface area contributed by atoms with Crippen LogP contribution in [0.25, 0.3) is 0 Å². The van der Waals surface area contributed by atoms with Crippen molar-refractivity contribution in [2.45, 2.75) is 19.2 Å². The lowest BCUT2D eigenvalue weighted by atomic mass is 10.1. The van der Waals surface area contributed by atoms with Gasteiger partial charge in [0.15, 0.2) is 6.10 Å². The summed E-state index contributed by atoms with van der Waals surface area (Å²) in [5, 5.41) is 2.28. The number of esters is 1. The van der Waals surface area contributed by atoms with Crippen molar-refractivity contribution in [3.05, 3.63) is 53.3 Å². The molecule has 0 radical (unpaired) electrons. The van der Waals surface area contributed by atoms with Gasteiger partial charge in [-0.1, -0.05) is 0 Å². The number of halogens is 4. The standard InChI is InChI=1S/C19H15F4N3O4/c1-9(30-18(29)12-4-3-11(20)7-13(12)24)17(28)26-8-16(27)25-14-6-10(19(21,22)23)2-5-15(14)26/h2-7,9H,8,24H2,1H3,(H,25,27)/t9-/m1/s1. The summed E-state index contributed by atoms with van der Waals surface area (Å²) in [7, 11) is 0. The van der Waals surface area contributed by atoms with E-state index in [1.807, 2.05) is 0 Å². The van der Waals surface area contributed by atoms with Crippen LogP contribution < -0.4 is 16.0 Å². The minimum atomic E-state index is -4.63. The summed E-state index contributed by atoms with van der Waals surface area (Å²) in [5.41, 5.74) is 4.04. The average molecular weight is 425 g/mol. The number of benzene rings is 2. The van der Waals surface area contributed by atoms with Gasteiger partial charge in [0, 0.05) is 5.69 Å². The van der Waals surface area contributed by atoms with Gasteiger partial charge >= 0.3 is 12.1 Å². The second kappa shape index (κ2) is 7.65. The van der Waals surface area contributed by atoms with Gasteiger partial charge in [-0.15, -0.1) is 0 Å². The molecule has 2 aromatic carbocycles. The van der Waals surface area contributed by atoms with Crippen LogP contribution in [0.3, 0.4) is 0 Å². The molecule has 0 unspecified atom stereocenters. The number of nitrogens with two attached hydrogens (primary N) is 1. The van der Waals surface area contributed by atoms with Gasteiger partial charge in [-0.2, -0.15) is 13.2 Å². The normalized spacial score (nSPS) is 14.6. The number of alkyl halides is 3. The van der Waals surface area contributed by atoms with Crippen molar-refractivity contribution >= 4 is 34.8 Å². The molecular weight excluding hydrogens is 410 g/mol. The summed E-state index contributed by atoms with van der Waals surface area (Å²) in [4.78, 5) is 37.8. The number of nitrogens with zero attached hydrogens (tertiary/aromatic N) is 1. The molecule has 3 N–H and O–H groups in total. The number of carbonyl (C=O) groups is 3. The van der Waals surface area contributed by atoms with Crippen LogP contribution >= 0.6 is 0 Å². The maximum Gasteiger partial charge on any atom is 0.416 e. The van der Waals surface area contributed by atoms with Crippen LogP contribution in [0.5, 0.6) is 0 Å². The molecular formula is C19H15F4N3O4. The number of hydrogen-bond donors (Lipinski definition) is 2. The van der Waals surface area contributed by atoms with Crippen molar-refractivity contribution in [3.63, 3.8) is 0 Å². The minimum absolute atomic E-state index is 0.0248. The van der Waals surface area contributed by atoms with Crippen molar-refractivity contribution in [3.8, 4) is 0 Å². The summed E-state index contributed by atoms with van der Waals surface area (Å²) in [6.45, 7) is 0.758. The summed E-state index contributed by atoms with van der Waals surface area (Å²) in [6, 6.07) is 5.51. The average Bonchev–Trinajstić information content (AvgIpc) is 2.65. The topological polar surface area (TPSA) is 102 Å². The first-order valence-electron chi connectivity index (χ1n) is 8.56. The van der Waals surface area contributed by atoms with E-state index >= 15 is 0 Å². The van der Waals surface area contributed by atoms with E-state index in [1.165, 1.54) is 6.92 Å². The molecule has 0 fully saturated rings. The number of ether oxygens (including phenoxy) is 1. The van der Waals surface area contributed by atoms with Crippen molar-refractivity contribution in [2.75, 3.05) is 22.5 Å². The molecule has 0 saturated heterocycles. The summed E-state index contributed by atoms with van der Waals surface area (Å²) >= 11 is 0. The Kier molecular flexibility index (Phi) is 5.38. The number of nitrogens with one attached hydrogen (secondary N) is 1. The molecule has 11 heteroatoms. The van der Waals surface area contributed by atoms with Crippen LogP contribution in [0, 0.1) is 5.82 Å². The fourth-order valence-corrected chi connectivity index (χ4v) is 2.88. The predicted molar refractivity (Wildman–Crippen MR) is 98.1 cm³/mol. The van der Waals surface area contributed by atoms with Gasteiger partial charge in [-0.3, -0.25) is 14.5 Å². The third kappa shape index (κ3) is 4.19. The third-order valence-corrected chi connectivity index (χ3v) is 4.32. The van der Waals surface area contributed by atoms with E-state index in [2.05, 4.69) is 5.32 Å². The van der Waals surface area contributed by atoms with E-state index in [0.717, 1.165) is 35.2 Å². The molecule has 2 aromatic rings. The Bertz CT molecular complexity index is 1040. The Morgan fingerprint density at radius 2 is 1.90 bits per heavy atom. The lowest BCUT2D eigenvalue weighted by Gasteiger charge is -2.31. The molecule has 3 rings (SSSR count). The molecule has 158 valence electrons. The van der Waals surface area contributed by atoms with E-state index in [9.17, 15) is 31.9 Å². The van der Waals surface area contributed by atoms with Gasteiger partial charge in [0.2, 0.25) is 5.91 Å². The van der Waals surface area contributed by atoms with Gasteiger partial charge in [0.25, 0.3) is 5.91 Å². The Morgan fingerprint density at radius 3 is 2.53 bits per heavy atom. The van der Waals surface area contributed by atoms with Crippen molar-refractivity contribution in [1.29, 1.82) is 0 Å². The Hall–Kier alpha value is -3.63. The Labute approximate surface area is 167 Å². The summed E-state index contributed by atoms with van der Waals surface area (Å²) in [6.07, 6.45) is -6.03. The van der Waals surface area contributed by atoms with Gasteiger partial charge in [0.05, 0.1) is 22.5 Å². The molecule has 1 heterocycles. The number of nitrogen functional groups attached to an aromatic ring is 1. The van der Waals surface area contributed by atoms with Crippen molar-refractivity contribution in [1.82, 2.24) is 0 Å². The Morgan fingerprint density at radius 1 is 1.20 bits per heavy atom. The molecule has 0 bridgehead atoms. The lowest BCUT2D eigenvalue weighted by molar-refractivity contribution is -0.137. The quantitative estimate of drug-likeness (QED) is 0.447. The second-order valence-electron chi connectivity index (χ2n) is 6.48. The van der Waals surface area contributed by atoms with Gasteiger partial charge < -0.3 is 15.8 Å². The minimum Gasteiger partial charge on any atom is -0.449 e. The summed E-state index contributed by atoms with van der Waals surface area (Å²) in [5.74, 6) is -3.21. The van der Waals surface area contributed by atoms with E-state index < -0.39 is 48.0 Å². The van der Waals surface area contributed by atoms with Gasteiger partial charge in [-0.25, -0.2) is 9.18 Å². The van der Waals surface area contributed by atoms with Crippen LogP contribution in [-0.4, -0.2) is 30.4 Å². The van der Waals surface area contributed by atoms with Gasteiger partial charge in [0.1, 0.15) is 12.4 Å². The molecule has 1 aliphatic heterocycles. The monoisotopic (exact) mass is 425 g/mol. The van der Waals surface area contributed by atoms with Crippen LogP contribution in [0.4, 0.5) is 34.6 Å². The largest absolute Gasteiger partial charge is 0.449 e. The maximum absolute atomic E-state index is 13.1. The number of amides is 2. The first-order chi connectivity index (χ1) is 14.0.